The van der Waals surface area contributed by atoms with Crippen molar-refractivity contribution in [3.05, 3.63) is 29.3 Å². The van der Waals surface area contributed by atoms with E-state index in [9.17, 15) is 4.79 Å². The van der Waals surface area contributed by atoms with E-state index in [2.05, 4.69) is 12.2 Å². The van der Waals surface area contributed by atoms with Crippen LogP contribution in [0.3, 0.4) is 0 Å². The monoisotopic (exact) mass is 295 g/mol. The van der Waals surface area contributed by atoms with E-state index in [0.717, 1.165) is 31.4 Å². The molecule has 0 amide bonds. The smallest absolute Gasteiger partial charge is 0.332 e. The van der Waals surface area contributed by atoms with Crippen LogP contribution in [0, 0.1) is 5.92 Å². The number of carbonyl (C=O) groups excluding carboxylic acids is 1. The molecule has 1 aliphatic rings. The predicted octanol–water partition coefficient (Wildman–Crippen LogP) is 4.26. The average molecular weight is 296 g/mol. The topological polar surface area (TPSA) is 38.3 Å². The van der Waals surface area contributed by atoms with Crippen molar-refractivity contribution in [2.75, 3.05) is 11.9 Å². The summed E-state index contributed by atoms with van der Waals surface area (Å²) < 4.78 is 5.33. The van der Waals surface area contributed by atoms with Crippen molar-refractivity contribution in [2.24, 2.45) is 5.92 Å². The van der Waals surface area contributed by atoms with Gasteiger partial charge >= 0.3 is 5.97 Å². The van der Waals surface area contributed by atoms with E-state index < -0.39 is 5.54 Å². The number of anilines is 1. The van der Waals surface area contributed by atoms with E-state index in [4.69, 9.17) is 16.3 Å². The molecule has 1 saturated carbocycles. The third-order valence-electron chi connectivity index (χ3n) is 4.15. The Morgan fingerprint density at radius 1 is 1.50 bits per heavy atom. The maximum absolute atomic E-state index is 12.5. The Kier molecular flexibility index (Phi) is 4.92. The summed E-state index contributed by atoms with van der Waals surface area (Å²) in [7, 11) is 0. The van der Waals surface area contributed by atoms with Crippen LogP contribution in [0.4, 0.5) is 5.69 Å². The number of ether oxygens (including phenoxy) is 1. The first-order valence-electron chi connectivity index (χ1n) is 7.33. The Balaban J connectivity index is 2.29. The number of nitrogens with one attached hydrogen (secondary N) is 1. The highest BCUT2D eigenvalue weighted by Gasteiger charge is 2.49. The molecule has 0 aliphatic heterocycles. The number of benzene rings is 1. The quantitative estimate of drug-likeness (QED) is 0.825. The second-order valence-corrected chi connectivity index (χ2v) is 5.76. The zero-order valence-electron chi connectivity index (χ0n) is 12.1. The van der Waals surface area contributed by atoms with Gasteiger partial charge in [-0.25, -0.2) is 4.79 Å². The number of rotatable bonds is 5. The number of hydrogen-bond acceptors (Lipinski definition) is 3. The van der Waals surface area contributed by atoms with Crippen LogP contribution in [-0.2, 0) is 9.53 Å². The maximum atomic E-state index is 12.5. The van der Waals surface area contributed by atoms with Gasteiger partial charge in [0.15, 0.2) is 0 Å². The van der Waals surface area contributed by atoms with Crippen LogP contribution >= 0.6 is 11.6 Å². The lowest BCUT2D eigenvalue weighted by Crippen LogP contribution is -2.50. The maximum Gasteiger partial charge on any atom is 0.332 e. The van der Waals surface area contributed by atoms with Crippen LogP contribution in [0.5, 0.6) is 0 Å². The van der Waals surface area contributed by atoms with E-state index in [1.165, 1.54) is 0 Å². The third kappa shape index (κ3) is 2.93. The molecule has 1 aromatic rings. The molecule has 110 valence electrons. The zero-order chi connectivity index (χ0) is 14.6. The Morgan fingerprint density at radius 3 is 2.95 bits per heavy atom. The van der Waals surface area contributed by atoms with Gasteiger partial charge in [-0.15, -0.1) is 0 Å². The first-order chi connectivity index (χ1) is 9.62. The largest absolute Gasteiger partial charge is 0.464 e. The summed E-state index contributed by atoms with van der Waals surface area (Å²) in [5.41, 5.74) is 0.279. The molecule has 0 heterocycles. The van der Waals surface area contributed by atoms with Gasteiger partial charge in [-0.2, -0.15) is 0 Å². The summed E-state index contributed by atoms with van der Waals surface area (Å²) in [6.07, 6.45) is 3.89. The van der Waals surface area contributed by atoms with Gasteiger partial charge < -0.3 is 10.1 Å². The van der Waals surface area contributed by atoms with Gasteiger partial charge in [0.2, 0.25) is 0 Å². The molecule has 0 radical (unpaired) electrons. The number of esters is 1. The fourth-order valence-electron chi connectivity index (χ4n) is 3.20. The predicted molar refractivity (Wildman–Crippen MR) is 82.1 cm³/mol. The standard InChI is InChI=1S/C16H22ClNO2/c1-3-12-7-6-10-16(12,15(19)20-4-2)18-14-9-5-8-13(17)11-14/h5,8-9,11-12,18H,3-4,6-7,10H2,1-2H3. The van der Waals surface area contributed by atoms with Crippen LogP contribution in [-0.4, -0.2) is 18.1 Å². The lowest BCUT2D eigenvalue weighted by Gasteiger charge is -2.34. The first-order valence-corrected chi connectivity index (χ1v) is 7.71. The van der Waals surface area contributed by atoms with Gasteiger partial charge in [0.1, 0.15) is 5.54 Å². The zero-order valence-corrected chi connectivity index (χ0v) is 12.9. The van der Waals surface area contributed by atoms with Gasteiger partial charge in [-0.05, 0) is 43.9 Å². The number of halogens is 1. The van der Waals surface area contributed by atoms with E-state index >= 15 is 0 Å². The number of hydrogen-bond donors (Lipinski definition) is 1. The normalized spacial score (nSPS) is 25.4. The minimum Gasteiger partial charge on any atom is -0.464 e. The molecule has 4 heteroatoms. The SMILES string of the molecule is CCOC(=O)C1(Nc2cccc(Cl)c2)CCCC1CC. The Morgan fingerprint density at radius 2 is 2.30 bits per heavy atom. The summed E-state index contributed by atoms with van der Waals surface area (Å²) in [4.78, 5) is 12.5. The first kappa shape index (κ1) is 15.2. The second kappa shape index (κ2) is 6.49. The van der Waals surface area contributed by atoms with E-state index in [0.29, 0.717) is 17.5 Å². The van der Waals surface area contributed by atoms with Crippen LogP contribution in [0.15, 0.2) is 24.3 Å². The van der Waals surface area contributed by atoms with Crippen molar-refractivity contribution in [1.82, 2.24) is 0 Å². The van der Waals surface area contributed by atoms with Crippen LogP contribution < -0.4 is 5.32 Å². The highest BCUT2D eigenvalue weighted by atomic mass is 35.5. The molecule has 0 spiro atoms. The highest BCUT2D eigenvalue weighted by molar-refractivity contribution is 6.30. The van der Waals surface area contributed by atoms with Crippen molar-refractivity contribution in [1.29, 1.82) is 0 Å². The summed E-state index contributed by atoms with van der Waals surface area (Å²) in [5, 5.41) is 4.09. The summed E-state index contributed by atoms with van der Waals surface area (Å²) in [6.45, 7) is 4.39. The molecule has 0 bridgehead atoms. The molecule has 0 saturated heterocycles. The molecule has 1 aromatic carbocycles. The van der Waals surface area contributed by atoms with Crippen LogP contribution in [0.2, 0.25) is 5.02 Å². The molecule has 2 rings (SSSR count). The van der Waals surface area contributed by atoms with Crippen molar-refractivity contribution in [3.8, 4) is 0 Å². The van der Waals surface area contributed by atoms with E-state index in [1.54, 1.807) is 0 Å². The van der Waals surface area contributed by atoms with Crippen molar-refractivity contribution in [3.63, 3.8) is 0 Å². The molecule has 0 aromatic heterocycles. The summed E-state index contributed by atoms with van der Waals surface area (Å²) in [5.74, 6) is 0.171. The molecule has 1 N–H and O–H groups in total. The lowest BCUT2D eigenvalue weighted by atomic mass is 9.84. The summed E-state index contributed by atoms with van der Waals surface area (Å²) >= 11 is 6.03. The molecular weight excluding hydrogens is 274 g/mol. The Hall–Kier alpha value is -1.22. The van der Waals surface area contributed by atoms with Gasteiger partial charge in [-0.1, -0.05) is 37.4 Å². The molecule has 20 heavy (non-hydrogen) atoms. The summed E-state index contributed by atoms with van der Waals surface area (Å²) in [6, 6.07) is 7.51. The van der Waals surface area contributed by atoms with Gasteiger partial charge in [0.05, 0.1) is 6.61 Å². The molecule has 1 fully saturated rings. The fourth-order valence-corrected chi connectivity index (χ4v) is 3.39. The second-order valence-electron chi connectivity index (χ2n) is 5.32. The van der Waals surface area contributed by atoms with Crippen molar-refractivity contribution in [2.45, 2.75) is 45.1 Å². The molecule has 1 aliphatic carbocycles. The Bertz CT molecular complexity index is 477. The minimum atomic E-state index is -0.602. The third-order valence-corrected chi connectivity index (χ3v) is 4.38. The molecule has 2 atom stereocenters. The van der Waals surface area contributed by atoms with Gasteiger partial charge in [0, 0.05) is 10.7 Å². The van der Waals surface area contributed by atoms with E-state index in [-0.39, 0.29) is 5.97 Å². The Labute approximate surface area is 125 Å². The van der Waals surface area contributed by atoms with Crippen LogP contribution in [0.1, 0.15) is 39.5 Å². The van der Waals surface area contributed by atoms with Crippen LogP contribution in [0.25, 0.3) is 0 Å². The highest BCUT2D eigenvalue weighted by Crippen LogP contribution is 2.41. The van der Waals surface area contributed by atoms with Crippen molar-refractivity contribution < 1.29 is 9.53 Å². The fraction of sp³-hybridized carbons (Fsp3) is 0.562. The molecule has 2 unspecified atom stereocenters. The average Bonchev–Trinajstić information content (AvgIpc) is 2.83. The van der Waals surface area contributed by atoms with Crippen molar-refractivity contribution >= 4 is 23.3 Å². The minimum absolute atomic E-state index is 0.135. The molecular formula is C16H22ClNO2. The van der Waals surface area contributed by atoms with Gasteiger partial charge in [0.25, 0.3) is 0 Å². The van der Waals surface area contributed by atoms with E-state index in [1.807, 2.05) is 31.2 Å². The molecule has 3 nitrogen and oxygen atoms in total. The number of carbonyl (C=O) groups is 1. The van der Waals surface area contributed by atoms with Gasteiger partial charge in [-0.3, -0.25) is 0 Å². The lowest BCUT2D eigenvalue weighted by molar-refractivity contribution is -0.150.